The summed E-state index contributed by atoms with van der Waals surface area (Å²) in [6.07, 6.45) is 4.38. The van der Waals surface area contributed by atoms with Crippen molar-refractivity contribution < 1.29 is 9.59 Å². The Hall–Kier alpha value is -1.63. The highest BCUT2D eigenvalue weighted by atomic mass is 16.2. The van der Waals surface area contributed by atoms with Crippen LogP contribution >= 0.6 is 0 Å². The van der Waals surface area contributed by atoms with Gasteiger partial charge in [-0.15, -0.1) is 0 Å². The van der Waals surface area contributed by atoms with Gasteiger partial charge in [-0.25, -0.2) is 10.8 Å². The fourth-order valence-electron chi connectivity index (χ4n) is 2.51. The average molecular weight is 267 g/mol. The van der Waals surface area contributed by atoms with E-state index in [1.807, 2.05) is 0 Å². The van der Waals surface area contributed by atoms with E-state index in [9.17, 15) is 9.59 Å². The van der Waals surface area contributed by atoms with Crippen molar-refractivity contribution in [3.63, 3.8) is 0 Å². The number of imide groups is 1. The maximum absolute atomic E-state index is 11.9. The van der Waals surface area contributed by atoms with Gasteiger partial charge in [-0.3, -0.25) is 20.3 Å². The zero-order valence-corrected chi connectivity index (χ0v) is 11.4. The molecule has 2 aliphatic rings. The quantitative estimate of drug-likeness (QED) is 0.195. The molecule has 106 valence electrons. The number of rotatable bonds is 1. The Kier molecular flexibility index (Phi) is 3.75. The van der Waals surface area contributed by atoms with E-state index in [4.69, 9.17) is 5.84 Å². The molecule has 1 heterocycles. The van der Waals surface area contributed by atoms with E-state index in [1.165, 1.54) is 0 Å². The molecule has 19 heavy (non-hydrogen) atoms. The molecular formula is C12H21N5O2. The van der Waals surface area contributed by atoms with Gasteiger partial charge in [0, 0.05) is 0 Å². The van der Waals surface area contributed by atoms with Crippen LogP contribution in [-0.4, -0.2) is 40.8 Å². The molecule has 4 N–H and O–H groups in total. The van der Waals surface area contributed by atoms with Crippen LogP contribution in [0.25, 0.3) is 0 Å². The third kappa shape index (κ3) is 2.70. The van der Waals surface area contributed by atoms with Gasteiger partial charge in [0.15, 0.2) is 0 Å². The minimum absolute atomic E-state index is 0.0779. The summed E-state index contributed by atoms with van der Waals surface area (Å²) in [6.45, 7) is 3.57. The first-order valence-corrected chi connectivity index (χ1v) is 6.61. The predicted molar refractivity (Wildman–Crippen MR) is 70.9 cm³/mol. The number of nitrogens with one attached hydrogen (secondary N) is 2. The smallest absolute Gasteiger partial charge is 0.252 e. The average Bonchev–Trinajstić information content (AvgIpc) is 2.84. The van der Waals surface area contributed by atoms with Gasteiger partial charge in [-0.05, 0) is 26.7 Å². The number of nitrogens with zero attached hydrogens (tertiary/aromatic N) is 2. The molecule has 0 unspecified atom stereocenters. The molecule has 1 aliphatic heterocycles. The van der Waals surface area contributed by atoms with Crippen LogP contribution < -0.4 is 16.6 Å². The molecule has 0 aromatic heterocycles. The molecule has 0 aromatic carbocycles. The van der Waals surface area contributed by atoms with Crippen LogP contribution in [0.4, 0.5) is 0 Å². The molecule has 0 radical (unpaired) electrons. The maximum atomic E-state index is 11.9. The van der Waals surface area contributed by atoms with Gasteiger partial charge in [0.1, 0.15) is 12.1 Å². The molecule has 2 amide bonds. The molecule has 1 saturated heterocycles. The van der Waals surface area contributed by atoms with Gasteiger partial charge in [-0.2, -0.15) is 0 Å². The summed E-state index contributed by atoms with van der Waals surface area (Å²) >= 11 is 0. The Morgan fingerprint density at radius 2 is 2.05 bits per heavy atom. The lowest BCUT2D eigenvalue weighted by molar-refractivity contribution is -0.142. The molecule has 7 heteroatoms. The summed E-state index contributed by atoms with van der Waals surface area (Å²) in [5, 5.41) is 2.33. The number of hydrogen-bond donors (Lipinski definition) is 3. The monoisotopic (exact) mass is 267 g/mol. The fourth-order valence-corrected chi connectivity index (χ4v) is 2.51. The number of hydrogen-bond acceptors (Lipinski definition) is 4. The van der Waals surface area contributed by atoms with Gasteiger partial charge >= 0.3 is 0 Å². The van der Waals surface area contributed by atoms with E-state index in [-0.39, 0.29) is 24.4 Å². The molecule has 0 atom stereocenters. The minimum atomic E-state index is -0.849. The third-order valence-corrected chi connectivity index (χ3v) is 3.80. The number of piperazine rings is 1. The summed E-state index contributed by atoms with van der Waals surface area (Å²) in [5.41, 5.74) is 1.69. The topological polar surface area (TPSA) is 99.8 Å². The van der Waals surface area contributed by atoms with Crippen LogP contribution in [0.3, 0.4) is 0 Å². The second-order valence-corrected chi connectivity index (χ2v) is 5.56. The summed E-state index contributed by atoms with van der Waals surface area (Å²) < 4.78 is 0. The van der Waals surface area contributed by atoms with Crippen molar-refractivity contribution in [1.29, 1.82) is 0 Å². The van der Waals surface area contributed by atoms with Crippen LogP contribution in [0.5, 0.6) is 0 Å². The van der Waals surface area contributed by atoms with Gasteiger partial charge in [0.2, 0.25) is 11.9 Å². The van der Waals surface area contributed by atoms with Gasteiger partial charge < -0.3 is 4.90 Å². The molecule has 1 aliphatic carbocycles. The lowest BCUT2D eigenvalue weighted by atomic mass is 9.99. The van der Waals surface area contributed by atoms with Crippen molar-refractivity contribution in [1.82, 2.24) is 15.6 Å². The van der Waals surface area contributed by atoms with Crippen molar-refractivity contribution in [2.24, 2.45) is 10.8 Å². The molecule has 0 spiro atoms. The zero-order chi connectivity index (χ0) is 14.0. The Morgan fingerprint density at radius 3 is 2.63 bits per heavy atom. The van der Waals surface area contributed by atoms with Crippen molar-refractivity contribution in [2.45, 2.75) is 51.1 Å². The standard InChI is InChI=1S/C12H21N5O2/c1-12(2)10(19)15-9(18)7-17(12)11(16-13)14-8-5-3-4-6-8/h8H,3-7,13H2,1-2H3,(H,14,16)(H,15,18,19). The summed E-state index contributed by atoms with van der Waals surface area (Å²) in [4.78, 5) is 29.6. The van der Waals surface area contributed by atoms with E-state index in [0.29, 0.717) is 5.96 Å². The lowest BCUT2D eigenvalue weighted by Gasteiger charge is -2.41. The first-order valence-electron chi connectivity index (χ1n) is 6.61. The third-order valence-electron chi connectivity index (χ3n) is 3.80. The van der Waals surface area contributed by atoms with Crippen LogP contribution in [0.1, 0.15) is 39.5 Å². The normalized spacial score (nSPS) is 24.6. The summed E-state index contributed by atoms with van der Waals surface area (Å²) in [5.74, 6) is 5.28. The maximum Gasteiger partial charge on any atom is 0.252 e. The van der Waals surface area contributed by atoms with Crippen LogP contribution in [-0.2, 0) is 9.59 Å². The van der Waals surface area contributed by atoms with E-state index in [1.54, 1.807) is 18.7 Å². The first kappa shape index (κ1) is 13.8. The molecule has 2 fully saturated rings. The highest BCUT2D eigenvalue weighted by Gasteiger charge is 2.42. The van der Waals surface area contributed by atoms with E-state index in [2.05, 4.69) is 15.7 Å². The van der Waals surface area contributed by atoms with Crippen LogP contribution in [0, 0.1) is 0 Å². The number of guanidine groups is 1. The van der Waals surface area contributed by atoms with E-state index in [0.717, 1.165) is 25.7 Å². The number of aliphatic imine (C=N–C) groups is 1. The summed E-state index contributed by atoms with van der Waals surface area (Å²) in [7, 11) is 0. The summed E-state index contributed by atoms with van der Waals surface area (Å²) in [6, 6.07) is 0.224. The number of carbonyl (C=O) groups excluding carboxylic acids is 2. The van der Waals surface area contributed by atoms with E-state index >= 15 is 0 Å². The molecule has 7 nitrogen and oxygen atoms in total. The predicted octanol–water partition coefficient (Wildman–Crippen LogP) is -0.515. The molecule has 1 saturated carbocycles. The van der Waals surface area contributed by atoms with Gasteiger partial charge in [0.25, 0.3) is 5.91 Å². The molecular weight excluding hydrogens is 246 g/mol. The van der Waals surface area contributed by atoms with Crippen LogP contribution in [0.2, 0.25) is 0 Å². The molecule has 0 bridgehead atoms. The first-order chi connectivity index (χ1) is 8.95. The Bertz CT molecular complexity index is 412. The lowest BCUT2D eigenvalue weighted by Crippen LogP contribution is -2.68. The zero-order valence-electron chi connectivity index (χ0n) is 11.4. The number of hydrazine groups is 1. The van der Waals surface area contributed by atoms with Gasteiger partial charge in [-0.1, -0.05) is 12.8 Å². The highest BCUT2D eigenvalue weighted by Crippen LogP contribution is 2.23. The van der Waals surface area contributed by atoms with E-state index < -0.39 is 5.54 Å². The Morgan fingerprint density at radius 1 is 1.42 bits per heavy atom. The second kappa shape index (κ2) is 5.16. The van der Waals surface area contributed by atoms with Crippen molar-refractivity contribution in [2.75, 3.05) is 6.54 Å². The number of nitrogens with two attached hydrogens (primary N) is 1. The number of carbonyl (C=O) groups is 2. The van der Waals surface area contributed by atoms with Gasteiger partial charge in [0.05, 0.1) is 6.04 Å². The Balaban J connectivity index is 2.24. The molecule has 0 aromatic rings. The molecule has 2 rings (SSSR count). The van der Waals surface area contributed by atoms with Crippen molar-refractivity contribution in [3.8, 4) is 0 Å². The Labute approximate surface area is 112 Å². The second-order valence-electron chi connectivity index (χ2n) is 5.56. The van der Waals surface area contributed by atoms with Crippen LogP contribution in [0.15, 0.2) is 4.99 Å². The largest absolute Gasteiger partial charge is 0.318 e. The fraction of sp³-hybridized carbons (Fsp3) is 0.750. The van der Waals surface area contributed by atoms with Crippen molar-refractivity contribution in [3.05, 3.63) is 0 Å². The number of amides is 2. The SMILES string of the molecule is CC1(C)C(=O)NC(=O)CN1C(=NC1CCCC1)NN. The van der Waals surface area contributed by atoms with Crippen molar-refractivity contribution >= 4 is 17.8 Å². The highest BCUT2D eigenvalue weighted by molar-refractivity contribution is 6.06. The minimum Gasteiger partial charge on any atom is -0.318 e.